The smallest absolute Gasteiger partial charge is 0.208 e. The number of hydrogen-bond donors (Lipinski definition) is 2. The Morgan fingerprint density at radius 1 is 1.46 bits per heavy atom. The van der Waals surface area contributed by atoms with E-state index in [0.717, 1.165) is 11.6 Å². The second kappa shape index (κ2) is 3.59. The Labute approximate surface area is 85.8 Å². The fourth-order valence-corrected chi connectivity index (χ4v) is 2.58. The number of anilines is 1. The summed E-state index contributed by atoms with van der Waals surface area (Å²) >= 11 is 3.21. The summed E-state index contributed by atoms with van der Waals surface area (Å²) in [4.78, 5) is 1.21. The van der Waals surface area contributed by atoms with Gasteiger partial charge in [0.1, 0.15) is 0 Å². The summed E-state index contributed by atoms with van der Waals surface area (Å²) in [5.74, 6) is 0.853. The Balaban J connectivity index is 2.08. The highest BCUT2D eigenvalue weighted by atomic mass is 32.2. The highest BCUT2D eigenvalue weighted by Crippen LogP contribution is 2.34. The van der Waals surface area contributed by atoms with Crippen molar-refractivity contribution in [1.82, 2.24) is 5.32 Å². The van der Waals surface area contributed by atoms with E-state index in [4.69, 9.17) is 0 Å². The van der Waals surface area contributed by atoms with E-state index in [1.54, 1.807) is 11.3 Å². The second-order valence-corrected chi connectivity index (χ2v) is 4.65. The standard InChI is InChI=1S/C8H11N3S2/c1-5(2)9-8-10-6-3-12-4-7(6)13-11-8/h3-5H,1-2H3,(H2,9,10,11). The molecule has 0 saturated heterocycles. The quantitative estimate of drug-likeness (QED) is 0.704. The SMILES string of the molecule is CC(C)NC1=NSc2cscc2N1. The van der Waals surface area contributed by atoms with Gasteiger partial charge in [-0.1, -0.05) is 0 Å². The van der Waals surface area contributed by atoms with E-state index in [-0.39, 0.29) is 0 Å². The lowest BCUT2D eigenvalue weighted by molar-refractivity contribution is 0.732. The average molecular weight is 213 g/mol. The second-order valence-electron chi connectivity index (χ2n) is 3.10. The molecule has 1 aromatic heterocycles. The summed E-state index contributed by atoms with van der Waals surface area (Å²) in [5, 5.41) is 10.7. The Bertz CT molecular complexity index is 330. The molecule has 0 bridgehead atoms. The molecule has 0 saturated carbocycles. The van der Waals surface area contributed by atoms with Gasteiger partial charge in [-0.05, 0) is 13.8 Å². The zero-order valence-electron chi connectivity index (χ0n) is 7.50. The topological polar surface area (TPSA) is 36.4 Å². The first kappa shape index (κ1) is 8.90. The number of nitrogens with zero attached hydrogens (tertiary/aromatic N) is 1. The zero-order valence-corrected chi connectivity index (χ0v) is 9.13. The van der Waals surface area contributed by atoms with Gasteiger partial charge >= 0.3 is 0 Å². The van der Waals surface area contributed by atoms with Crippen molar-refractivity contribution >= 4 is 34.9 Å². The van der Waals surface area contributed by atoms with Gasteiger partial charge in [-0.3, -0.25) is 0 Å². The normalized spacial score (nSPS) is 14.8. The van der Waals surface area contributed by atoms with Gasteiger partial charge in [0.2, 0.25) is 5.96 Å². The fraction of sp³-hybridized carbons (Fsp3) is 0.375. The van der Waals surface area contributed by atoms with Crippen molar-refractivity contribution < 1.29 is 0 Å². The molecule has 2 N–H and O–H groups in total. The molecule has 0 fully saturated rings. The van der Waals surface area contributed by atoms with Gasteiger partial charge in [-0.2, -0.15) is 4.40 Å². The first-order valence-electron chi connectivity index (χ1n) is 4.10. The molecule has 0 aromatic carbocycles. The third-order valence-corrected chi connectivity index (χ3v) is 3.24. The maximum absolute atomic E-state index is 4.30. The first-order chi connectivity index (χ1) is 6.25. The van der Waals surface area contributed by atoms with Crippen LogP contribution in [0.3, 0.4) is 0 Å². The maximum Gasteiger partial charge on any atom is 0.208 e. The minimum atomic E-state index is 0.409. The molecule has 2 rings (SSSR count). The molecule has 1 aromatic rings. The molecule has 0 spiro atoms. The molecule has 1 aliphatic heterocycles. The van der Waals surface area contributed by atoms with Crippen molar-refractivity contribution in [3.63, 3.8) is 0 Å². The first-order valence-corrected chi connectivity index (χ1v) is 5.82. The molecule has 13 heavy (non-hydrogen) atoms. The van der Waals surface area contributed by atoms with Gasteiger partial charge < -0.3 is 10.6 Å². The molecule has 0 unspecified atom stereocenters. The molecule has 0 amide bonds. The molecule has 0 aliphatic carbocycles. The summed E-state index contributed by atoms with van der Waals surface area (Å²) in [6.45, 7) is 4.19. The third-order valence-electron chi connectivity index (χ3n) is 1.54. The predicted molar refractivity (Wildman–Crippen MR) is 59.5 cm³/mol. The summed E-state index contributed by atoms with van der Waals surface area (Å²) in [7, 11) is 0. The van der Waals surface area contributed by atoms with E-state index in [1.165, 1.54) is 16.8 Å². The van der Waals surface area contributed by atoms with Crippen molar-refractivity contribution in [3.8, 4) is 0 Å². The predicted octanol–water partition coefficient (Wildman–Crippen LogP) is 2.53. The molecule has 2 heterocycles. The molecule has 0 atom stereocenters. The van der Waals surface area contributed by atoms with E-state index >= 15 is 0 Å². The molecule has 0 radical (unpaired) electrons. The number of hydrogen-bond acceptors (Lipinski definition) is 5. The zero-order chi connectivity index (χ0) is 9.26. The maximum atomic E-state index is 4.30. The Hall–Kier alpha value is -0.680. The Morgan fingerprint density at radius 2 is 2.31 bits per heavy atom. The fourth-order valence-electron chi connectivity index (χ4n) is 1.03. The van der Waals surface area contributed by atoms with Crippen molar-refractivity contribution in [1.29, 1.82) is 0 Å². The van der Waals surface area contributed by atoms with Crippen molar-refractivity contribution in [2.75, 3.05) is 5.32 Å². The number of fused-ring (bicyclic) bond motifs is 1. The van der Waals surface area contributed by atoms with Crippen LogP contribution >= 0.6 is 23.3 Å². The van der Waals surface area contributed by atoms with Gasteiger partial charge in [0, 0.05) is 28.7 Å². The largest absolute Gasteiger partial charge is 0.353 e. The van der Waals surface area contributed by atoms with Gasteiger partial charge in [-0.25, -0.2) is 0 Å². The molecular weight excluding hydrogens is 202 g/mol. The number of nitrogens with one attached hydrogen (secondary N) is 2. The van der Waals surface area contributed by atoms with E-state index in [1.807, 2.05) is 0 Å². The number of thiophene rings is 1. The highest BCUT2D eigenvalue weighted by molar-refractivity contribution is 7.98. The summed E-state index contributed by atoms with van der Waals surface area (Å²) in [6.07, 6.45) is 0. The van der Waals surface area contributed by atoms with Gasteiger partial charge in [0.25, 0.3) is 0 Å². The van der Waals surface area contributed by atoms with Crippen LogP contribution in [0.5, 0.6) is 0 Å². The van der Waals surface area contributed by atoms with Crippen LogP contribution in [0.25, 0.3) is 0 Å². The van der Waals surface area contributed by atoms with E-state index in [2.05, 4.69) is 39.6 Å². The van der Waals surface area contributed by atoms with E-state index in [9.17, 15) is 0 Å². The molecule has 5 heteroatoms. The minimum Gasteiger partial charge on any atom is -0.353 e. The summed E-state index contributed by atoms with van der Waals surface area (Å²) in [5.41, 5.74) is 1.16. The van der Waals surface area contributed by atoms with Crippen molar-refractivity contribution in [3.05, 3.63) is 10.8 Å². The van der Waals surface area contributed by atoms with E-state index in [0.29, 0.717) is 6.04 Å². The minimum absolute atomic E-state index is 0.409. The summed E-state index contributed by atoms with van der Waals surface area (Å²) < 4.78 is 4.30. The molecule has 1 aliphatic rings. The van der Waals surface area contributed by atoms with E-state index < -0.39 is 0 Å². The molecular formula is C8H11N3S2. The Morgan fingerprint density at radius 3 is 3.08 bits per heavy atom. The number of guanidine groups is 1. The van der Waals surface area contributed by atoms with Gasteiger partial charge in [0.05, 0.1) is 10.6 Å². The third kappa shape index (κ3) is 1.97. The van der Waals surface area contributed by atoms with Crippen LogP contribution in [0.15, 0.2) is 20.1 Å². The van der Waals surface area contributed by atoms with Crippen molar-refractivity contribution in [2.24, 2.45) is 4.40 Å². The van der Waals surface area contributed by atoms with Crippen LogP contribution in [0, 0.1) is 0 Å². The molecule has 3 nitrogen and oxygen atoms in total. The highest BCUT2D eigenvalue weighted by Gasteiger charge is 2.13. The lowest BCUT2D eigenvalue weighted by atomic mass is 10.4. The molecule has 70 valence electrons. The van der Waals surface area contributed by atoms with Crippen LogP contribution in [-0.4, -0.2) is 12.0 Å². The average Bonchev–Trinajstić information content (AvgIpc) is 2.49. The lowest BCUT2D eigenvalue weighted by Gasteiger charge is -2.17. The van der Waals surface area contributed by atoms with Crippen LogP contribution in [0.4, 0.5) is 5.69 Å². The van der Waals surface area contributed by atoms with Crippen LogP contribution in [0.2, 0.25) is 0 Å². The summed E-state index contributed by atoms with van der Waals surface area (Å²) in [6, 6.07) is 0.409. The van der Waals surface area contributed by atoms with Gasteiger partial charge in [0.15, 0.2) is 0 Å². The van der Waals surface area contributed by atoms with Crippen LogP contribution < -0.4 is 10.6 Å². The van der Waals surface area contributed by atoms with Crippen LogP contribution in [0.1, 0.15) is 13.8 Å². The van der Waals surface area contributed by atoms with Crippen molar-refractivity contribution in [2.45, 2.75) is 24.8 Å². The van der Waals surface area contributed by atoms with Crippen LogP contribution in [-0.2, 0) is 0 Å². The number of rotatable bonds is 1. The monoisotopic (exact) mass is 213 g/mol. The lowest BCUT2D eigenvalue weighted by Crippen LogP contribution is -2.36. The Kier molecular flexibility index (Phi) is 2.46. The van der Waals surface area contributed by atoms with Gasteiger partial charge in [-0.15, -0.1) is 11.3 Å².